The lowest BCUT2D eigenvalue weighted by Gasteiger charge is -2.26. The van der Waals surface area contributed by atoms with E-state index >= 15 is 0 Å². The minimum atomic E-state index is -0.0651. The van der Waals surface area contributed by atoms with E-state index in [0.29, 0.717) is 0 Å². The van der Waals surface area contributed by atoms with E-state index in [1.807, 2.05) is 0 Å². The molecule has 1 N–H and O–H groups in total. The molecule has 0 aliphatic carbocycles. The average Bonchev–Trinajstić information content (AvgIpc) is 2.33. The van der Waals surface area contributed by atoms with Gasteiger partial charge >= 0.3 is 0 Å². The Kier molecular flexibility index (Phi) is 7.81. The van der Waals surface area contributed by atoms with E-state index in [1.165, 1.54) is 19.4 Å². The van der Waals surface area contributed by atoms with Gasteiger partial charge in [0.2, 0.25) is 0 Å². The summed E-state index contributed by atoms with van der Waals surface area (Å²) >= 11 is 0. The Bertz CT molecular complexity index is 158. The number of unbranched alkanes of at least 4 members (excludes halogenated alkanes) is 2. The standard InChI is InChI=1S/C13H27NO2/c1-2-3-6-13(15)7-4-5-8-14-9-11-16-12-10-14/h13,15H,2-12H2,1H3/t13-/m1/s1. The predicted octanol–water partition coefficient (Wildman–Crippen LogP) is 2.04. The van der Waals surface area contributed by atoms with Crippen LogP contribution in [-0.4, -0.2) is 49.0 Å². The van der Waals surface area contributed by atoms with Crippen molar-refractivity contribution in [2.24, 2.45) is 0 Å². The summed E-state index contributed by atoms with van der Waals surface area (Å²) in [4.78, 5) is 2.46. The molecular formula is C13H27NO2. The van der Waals surface area contributed by atoms with Crippen LogP contribution < -0.4 is 0 Å². The zero-order chi connectivity index (χ0) is 11.6. The molecule has 3 heteroatoms. The van der Waals surface area contributed by atoms with Gasteiger partial charge in [-0.15, -0.1) is 0 Å². The lowest BCUT2D eigenvalue weighted by Crippen LogP contribution is -2.36. The van der Waals surface area contributed by atoms with Crippen LogP contribution in [0.4, 0.5) is 0 Å². The number of hydrogen-bond acceptors (Lipinski definition) is 3. The molecule has 96 valence electrons. The summed E-state index contributed by atoms with van der Waals surface area (Å²) in [5, 5.41) is 9.68. The molecule has 3 nitrogen and oxygen atoms in total. The van der Waals surface area contributed by atoms with Crippen molar-refractivity contribution < 1.29 is 9.84 Å². The van der Waals surface area contributed by atoms with Crippen LogP contribution in [0.5, 0.6) is 0 Å². The Morgan fingerprint density at radius 3 is 2.50 bits per heavy atom. The van der Waals surface area contributed by atoms with Gasteiger partial charge in [0.05, 0.1) is 19.3 Å². The Morgan fingerprint density at radius 1 is 1.12 bits per heavy atom. The molecule has 1 rings (SSSR count). The molecule has 1 saturated heterocycles. The summed E-state index contributed by atoms with van der Waals surface area (Å²) in [5.74, 6) is 0. The molecule has 0 bridgehead atoms. The molecule has 0 saturated carbocycles. The van der Waals surface area contributed by atoms with Crippen LogP contribution in [0.15, 0.2) is 0 Å². The molecule has 0 unspecified atom stereocenters. The second-order valence-electron chi connectivity index (χ2n) is 4.75. The highest BCUT2D eigenvalue weighted by molar-refractivity contribution is 4.63. The smallest absolute Gasteiger partial charge is 0.0594 e. The maximum atomic E-state index is 9.68. The van der Waals surface area contributed by atoms with Crippen LogP contribution >= 0.6 is 0 Å². The Balaban J connectivity index is 1.90. The van der Waals surface area contributed by atoms with Gasteiger partial charge in [0.15, 0.2) is 0 Å². The van der Waals surface area contributed by atoms with E-state index in [-0.39, 0.29) is 6.10 Å². The zero-order valence-electron chi connectivity index (χ0n) is 10.7. The van der Waals surface area contributed by atoms with Crippen molar-refractivity contribution in [2.75, 3.05) is 32.8 Å². The van der Waals surface area contributed by atoms with Crippen molar-refractivity contribution in [2.45, 2.75) is 51.6 Å². The predicted molar refractivity (Wildman–Crippen MR) is 66.6 cm³/mol. The van der Waals surface area contributed by atoms with Crippen LogP contribution in [0.25, 0.3) is 0 Å². The number of morpholine rings is 1. The average molecular weight is 229 g/mol. The van der Waals surface area contributed by atoms with E-state index in [1.54, 1.807) is 0 Å². The van der Waals surface area contributed by atoms with Crippen LogP contribution in [0.3, 0.4) is 0 Å². The molecule has 0 amide bonds. The molecular weight excluding hydrogens is 202 g/mol. The fourth-order valence-corrected chi connectivity index (χ4v) is 2.12. The number of hydrogen-bond donors (Lipinski definition) is 1. The minimum absolute atomic E-state index is 0.0651. The Hall–Kier alpha value is -0.120. The molecule has 0 aromatic rings. The second-order valence-corrected chi connectivity index (χ2v) is 4.75. The third kappa shape index (κ3) is 6.46. The van der Waals surface area contributed by atoms with Crippen LogP contribution in [-0.2, 0) is 4.74 Å². The molecule has 0 aromatic heterocycles. The summed E-state index contributed by atoms with van der Waals surface area (Å²) in [6.45, 7) is 7.28. The third-order valence-corrected chi connectivity index (χ3v) is 3.26. The summed E-state index contributed by atoms with van der Waals surface area (Å²) in [6, 6.07) is 0. The topological polar surface area (TPSA) is 32.7 Å². The van der Waals surface area contributed by atoms with E-state index in [4.69, 9.17) is 4.74 Å². The molecule has 16 heavy (non-hydrogen) atoms. The number of ether oxygens (including phenoxy) is 1. The van der Waals surface area contributed by atoms with Crippen molar-refractivity contribution in [3.63, 3.8) is 0 Å². The number of aliphatic hydroxyl groups excluding tert-OH is 1. The van der Waals surface area contributed by atoms with Crippen molar-refractivity contribution in [3.05, 3.63) is 0 Å². The molecule has 1 aliphatic heterocycles. The number of aliphatic hydroxyl groups is 1. The Labute approximate surface area is 99.8 Å². The highest BCUT2D eigenvalue weighted by Gasteiger charge is 2.09. The Morgan fingerprint density at radius 2 is 1.81 bits per heavy atom. The number of nitrogens with zero attached hydrogens (tertiary/aromatic N) is 1. The van der Waals surface area contributed by atoms with Crippen LogP contribution in [0.1, 0.15) is 45.4 Å². The van der Waals surface area contributed by atoms with Crippen LogP contribution in [0.2, 0.25) is 0 Å². The fraction of sp³-hybridized carbons (Fsp3) is 1.00. The van der Waals surface area contributed by atoms with Crippen molar-refractivity contribution in [1.82, 2.24) is 4.90 Å². The normalized spacial score (nSPS) is 19.9. The lowest BCUT2D eigenvalue weighted by molar-refractivity contribution is 0.0365. The first-order chi connectivity index (χ1) is 7.83. The maximum absolute atomic E-state index is 9.68. The van der Waals surface area contributed by atoms with Crippen molar-refractivity contribution in [1.29, 1.82) is 0 Å². The van der Waals surface area contributed by atoms with Gasteiger partial charge in [-0.1, -0.05) is 19.8 Å². The monoisotopic (exact) mass is 229 g/mol. The van der Waals surface area contributed by atoms with Gasteiger partial charge in [0.25, 0.3) is 0 Å². The lowest BCUT2D eigenvalue weighted by atomic mass is 10.1. The summed E-state index contributed by atoms with van der Waals surface area (Å²) in [6.07, 6.45) is 6.60. The molecule has 1 heterocycles. The fourth-order valence-electron chi connectivity index (χ4n) is 2.12. The molecule has 0 spiro atoms. The second kappa shape index (κ2) is 8.97. The van der Waals surface area contributed by atoms with Gasteiger partial charge < -0.3 is 9.84 Å². The first kappa shape index (κ1) is 13.9. The maximum Gasteiger partial charge on any atom is 0.0594 e. The van der Waals surface area contributed by atoms with E-state index in [9.17, 15) is 5.11 Å². The van der Waals surface area contributed by atoms with Gasteiger partial charge in [-0.05, 0) is 32.2 Å². The molecule has 0 radical (unpaired) electrons. The highest BCUT2D eigenvalue weighted by atomic mass is 16.5. The van der Waals surface area contributed by atoms with Gasteiger partial charge in [0, 0.05) is 13.1 Å². The first-order valence-electron chi connectivity index (χ1n) is 6.81. The summed E-state index contributed by atoms with van der Waals surface area (Å²) < 4.78 is 5.31. The largest absolute Gasteiger partial charge is 0.393 e. The third-order valence-electron chi connectivity index (χ3n) is 3.26. The highest BCUT2D eigenvalue weighted by Crippen LogP contribution is 2.09. The van der Waals surface area contributed by atoms with Gasteiger partial charge in [-0.3, -0.25) is 4.90 Å². The first-order valence-corrected chi connectivity index (χ1v) is 6.81. The van der Waals surface area contributed by atoms with Gasteiger partial charge in [-0.25, -0.2) is 0 Å². The zero-order valence-corrected chi connectivity index (χ0v) is 10.7. The summed E-state index contributed by atoms with van der Waals surface area (Å²) in [7, 11) is 0. The molecule has 0 aromatic carbocycles. The number of rotatable bonds is 8. The SMILES string of the molecule is CCCC[C@@H](O)CCCCN1CCOCC1. The van der Waals surface area contributed by atoms with Gasteiger partial charge in [-0.2, -0.15) is 0 Å². The van der Waals surface area contributed by atoms with Crippen molar-refractivity contribution in [3.8, 4) is 0 Å². The molecule has 1 fully saturated rings. The minimum Gasteiger partial charge on any atom is -0.393 e. The van der Waals surface area contributed by atoms with Crippen molar-refractivity contribution >= 4 is 0 Å². The van der Waals surface area contributed by atoms with E-state index in [2.05, 4.69) is 11.8 Å². The van der Waals surface area contributed by atoms with E-state index < -0.39 is 0 Å². The van der Waals surface area contributed by atoms with Crippen LogP contribution in [0, 0.1) is 0 Å². The molecule has 1 aliphatic rings. The summed E-state index contributed by atoms with van der Waals surface area (Å²) in [5.41, 5.74) is 0. The van der Waals surface area contributed by atoms with Gasteiger partial charge in [0.1, 0.15) is 0 Å². The molecule has 1 atom stereocenters. The van der Waals surface area contributed by atoms with E-state index in [0.717, 1.165) is 52.0 Å². The quantitative estimate of drug-likeness (QED) is 0.647.